The quantitative estimate of drug-likeness (QED) is 0.117. The first-order valence-electron chi connectivity index (χ1n) is 12.3. The van der Waals surface area contributed by atoms with Crippen molar-refractivity contribution in [2.45, 2.75) is 78.6 Å². The molecule has 1 saturated heterocycles. The normalized spacial score (nSPS) is 25.8. The molecule has 0 aromatic rings. The third-order valence-corrected chi connectivity index (χ3v) is 7.86. The van der Waals surface area contributed by atoms with Crippen LogP contribution in [0.3, 0.4) is 0 Å². The summed E-state index contributed by atoms with van der Waals surface area (Å²) in [6.07, 6.45) is 3.06. The van der Waals surface area contributed by atoms with Crippen molar-refractivity contribution < 1.29 is 28.7 Å². The van der Waals surface area contributed by atoms with Crippen LogP contribution in [0.1, 0.15) is 54.4 Å². The molecule has 0 spiro atoms. The molecule has 10 nitrogen and oxygen atoms in total. The van der Waals surface area contributed by atoms with Gasteiger partial charge in [0.15, 0.2) is 0 Å². The Bertz CT molecular complexity index is 877. The van der Waals surface area contributed by atoms with Gasteiger partial charge < -0.3 is 26.0 Å². The van der Waals surface area contributed by atoms with Gasteiger partial charge in [-0.05, 0) is 32.1 Å². The molecule has 1 aliphatic heterocycles. The number of cyclic esters (lactones) is 1. The Kier molecular flexibility index (Phi) is 14.4. The maximum Gasteiger partial charge on any atom is 0.329 e. The molecule has 1 aliphatic rings. The number of ether oxygens (including phenoxy) is 1. The van der Waals surface area contributed by atoms with Gasteiger partial charge in [-0.25, -0.2) is 4.79 Å². The van der Waals surface area contributed by atoms with Crippen molar-refractivity contribution in [2.75, 3.05) is 11.5 Å². The minimum Gasteiger partial charge on any atom is -0.461 e. The summed E-state index contributed by atoms with van der Waals surface area (Å²) >= 11 is 0. The van der Waals surface area contributed by atoms with E-state index < -0.39 is 53.8 Å². The maximum atomic E-state index is 13.2. The Balaban J connectivity index is 3.31. The minimum atomic E-state index is -0.992. The molecule has 0 aromatic carbocycles. The van der Waals surface area contributed by atoms with Gasteiger partial charge in [0.25, 0.3) is 5.91 Å². The van der Waals surface area contributed by atoms with Crippen LogP contribution in [-0.4, -0.2) is 65.3 Å². The first-order chi connectivity index (χ1) is 17.4. The van der Waals surface area contributed by atoms with Gasteiger partial charge in [0.1, 0.15) is 29.9 Å². The maximum absolute atomic E-state index is 13.2. The molecular weight excluding hydrogens is 516 g/mol. The number of allylic oxidation sites excluding steroid dienone is 2. The fraction of sp³-hybridized carbons (Fsp3) is 0.640. The third-order valence-electron chi connectivity index (χ3n) is 5.41. The summed E-state index contributed by atoms with van der Waals surface area (Å²) < 4.78 is 5.41. The molecule has 0 aromatic heterocycles. The highest BCUT2D eigenvalue weighted by molar-refractivity contribution is 8.76. The Labute approximate surface area is 227 Å². The van der Waals surface area contributed by atoms with Gasteiger partial charge in [0.2, 0.25) is 17.7 Å². The van der Waals surface area contributed by atoms with E-state index in [0.717, 1.165) is 12.2 Å². The predicted molar refractivity (Wildman–Crippen MR) is 147 cm³/mol. The molecule has 4 amide bonds. The number of rotatable bonds is 8. The second-order valence-corrected chi connectivity index (χ2v) is 12.0. The van der Waals surface area contributed by atoms with Crippen molar-refractivity contribution in [3.63, 3.8) is 0 Å². The number of hydrogen-bond donors (Lipinski definition) is 4. The third kappa shape index (κ3) is 11.2. The van der Waals surface area contributed by atoms with E-state index in [1.165, 1.54) is 27.7 Å². The molecule has 4 N–H and O–H groups in total. The lowest BCUT2D eigenvalue weighted by molar-refractivity contribution is -0.154. The average molecular weight is 557 g/mol. The molecule has 1 rings (SSSR count). The van der Waals surface area contributed by atoms with Crippen LogP contribution in [0.25, 0.3) is 0 Å². The van der Waals surface area contributed by atoms with Gasteiger partial charge in [0.05, 0.1) is 6.42 Å². The van der Waals surface area contributed by atoms with E-state index in [4.69, 9.17) is 4.74 Å². The molecule has 0 saturated carbocycles. The number of amides is 4. The van der Waals surface area contributed by atoms with Crippen molar-refractivity contribution in [1.29, 1.82) is 0 Å². The lowest BCUT2D eigenvalue weighted by Gasteiger charge is -2.27. The molecule has 1 heterocycles. The SMILES string of the molecule is C=CCCSSC[C@H]1NC(=O)[C@@H](C(C)C)NC(=O)C[C@@H](C)OC(=O)C(C(C)C)NC(=O)/C(=C/C)NC1=O. The van der Waals surface area contributed by atoms with Gasteiger partial charge in [-0.15, -0.1) is 6.58 Å². The molecule has 0 radical (unpaired) electrons. The predicted octanol–water partition coefficient (Wildman–Crippen LogP) is 2.07. The zero-order valence-corrected chi connectivity index (χ0v) is 24.1. The molecule has 0 aliphatic carbocycles. The smallest absolute Gasteiger partial charge is 0.329 e. The van der Waals surface area contributed by atoms with Crippen LogP contribution in [0.4, 0.5) is 0 Å². The second kappa shape index (κ2) is 16.4. The van der Waals surface area contributed by atoms with Gasteiger partial charge in [-0.2, -0.15) is 0 Å². The zero-order chi connectivity index (χ0) is 28.1. The lowest BCUT2D eigenvalue weighted by Crippen LogP contribution is -2.57. The van der Waals surface area contributed by atoms with Crippen LogP contribution in [0, 0.1) is 11.8 Å². The number of carbonyl (C=O) groups excluding carboxylic acids is 5. The van der Waals surface area contributed by atoms with Crippen LogP contribution in [0.15, 0.2) is 24.4 Å². The summed E-state index contributed by atoms with van der Waals surface area (Å²) in [5, 5.41) is 10.6. The fourth-order valence-corrected chi connectivity index (χ4v) is 5.48. The van der Waals surface area contributed by atoms with Crippen LogP contribution in [0.5, 0.6) is 0 Å². The molecule has 37 heavy (non-hydrogen) atoms. The molecule has 1 fully saturated rings. The highest BCUT2D eigenvalue weighted by Gasteiger charge is 2.33. The Morgan fingerprint density at radius 1 is 0.973 bits per heavy atom. The van der Waals surface area contributed by atoms with Crippen molar-refractivity contribution >= 4 is 51.2 Å². The van der Waals surface area contributed by atoms with Crippen molar-refractivity contribution in [2.24, 2.45) is 11.8 Å². The summed E-state index contributed by atoms with van der Waals surface area (Å²) in [5.74, 6) is -2.52. The van der Waals surface area contributed by atoms with Crippen LogP contribution in [0.2, 0.25) is 0 Å². The molecule has 1 unspecified atom stereocenters. The topological polar surface area (TPSA) is 143 Å². The average Bonchev–Trinajstić information content (AvgIpc) is 2.81. The lowest BCUT2D eigenvalue weighted by atomic mass is 10.0. The molecule has 4 atom stereocenters. The summed E-state index contributed by atoms with van der Waals surface area (Å²) in [4.78, 5) is 64.7. The highest BCUT2D eigenvalue weighted by atomic mass is 33.1. The number of esters is 1. The summed E-state index contributed by atoms with van der Waals surface area (Å²) in [7, 11) is 2.94. The van der Waals surface area contributed by atoms with Gasteiger partial charge in [-0.3, -0.25) is 19.2 Å². The number of nitrogens with one attached hydrogen (secondary N) is 4. The Morgan fingerprint density at radius 2 is 1.62 bits per heavy atom. The van der Waals surface area contributed by atoms with E-state index in [9.17, 15) is 24.0 Å². The fourth-order valence-electron chi connectivity index (χ4n) is 3.29. The van der Waals surface area contributed by atoms with Gasteiger partial charge >= 0.3 is 5.97 Å². The molecule has 0 bridgehead atoms. The highest BCUT2D eigenvalue weighted by Crippen LogP contribution is 2.23. The minimum absolute atomic E-state index is 0.0548. The van der Waals surface area contributed by atoms with E-state index in [1.54, 1.807) is 47.6 Å². The largest absolute Gasteiger partial charge is 0.461 e. The standard InChI is InChI=1S/C25H40N4O6S2/c1-8-10-11-36-37-13-18-23(32)26-17(9-2)22(31)29-21(15(5)6)25(34)35-16(7)12-19(30)28-20(14(3)4)24(33)27-18/h8-9,14-16,18,20-21H,1,10-13H2,2-7H3,(H,26,32)(H,27,33)(H,28,30)(H,29,31)/b17-9-/t16-,18-,20-,21?/m1/s1. The van der Waals surface area contributed by atoms with Crippen molar-refractivity contribution in [3.8, 4) is 0 Å². The summed E-state index contributed by atoms with van der Waals surface area (Å²) in [6, 6.07) is -2.88. The van der Waals surface area contributed by atoms with Gasteiger partial charge in [0, 0.05) is 11.5 Å². The molecule has 12 heteroatoms. The van der Waals surface area contributed by atoms with E-state index in [0.29, 0.717) is 0 Å². The van der Waals surface area contributed by atoms with E-state index in [-0.39, 0.29) is 29.7 Å². The van der Waals surface area contributed by atoms with E-state index >= 15 is 0 Å². The zero-order valence-electron chi connectivity index (χ0n) is 22.4. The Hall–Kier alpha value is -2.47. The van der Waals surface area contributed by atoms with Crippen molar-refractivity contribution in [1.82, 2.24) is 21.3 Å². The monoisotopic (exact) mass is 556 g/mol. The summed E-state index contributed by atoms with van der Waals surface area (Å²) in [6.45, 7) is 13.9. The molecular formula is C25H40N4O6S2. The van der Waals surface area contributed by atoms with Crippen LogP contribution < -0.4 is 21.3 Å². The van der Waals surface area contributed by atoms with E-state index in [1.807, 2.05) is 0 Å². The Morgan fingerprint density at radius 3 is 2.19 bits per heavy atom. The van der Waals surface area contributed by atoms with Crippen LogP contribution >= 0.6 is 21.6 Å². The molecule has 208 valence electrons. The van der Waals surface area contributed by atoms with Gasteiger partial charge in [-0.1, -0.05) is 61.4 Å². The van der Waals surface area contributed by atoms with Crippen molar-refractivity contribution in [3.05, 3.63) is 24.4 Å². The number of hydrogen-bond acceptors (Lipinski definition) is 8. The first kappa shape index (κ1) is 32.6. The second-order valence-electron chi connectivity index (χ2n) is 9.37. The van der Waals surface area contributed by atoms with Crippen LogP contribution in [-0.2, 0) is 28.7 Å². The summed E-state index contributed by atoms with van der Waals surface area (Å²) in [5.41, 5.74) is -0.0548. The number of carbonyl (C=O) groups is 5. The first-order valence-corrected chi connectivity index (χ1v) is 14.8. The van der Waals surface area contributed by atoms with E-state index in [2.05, 4.69) is 27.8 Å².